The van der Waals surface area contributed by atoms with Crippen LogP contribution in [0.5, 0.6) is 5.75 Å². The van der Waals surface area contributed by atoms with Crippen LogP contribution >= 0.6 is 0 Å². The van der Waals surface area contributed by atoms with Gasteiger partial charge in [-0.15, -0.1) is 0 Å². The van der Waals surface area contributed by atoms with E-state index in [1.165, 1.54) is 0 Å². The minimum atomic E-state index is -0.917. The zero-order valence-corrected chi connectivity index (χ0v) is 14.9. The van der Waals surface area contributed by atoms with Gasteiger partial charge >= 0.3 is 0 Å². The van der Waals surface area contributed by atoms with E-state index in [4.69, 9.17) is 4.74 Å². The molecule has 2 aromatic rings. The topological polar surface area (TPSA) is 75.7 Å². The van der Waals surface area contributed by atoms with Crippen LogP contribution in [0.25, 0.3) is 0 Å². The minimum absolute atomic E-state index is 0.329. The van der Waals surface area contributed by atoms with Crippen molar-refractivity contribution >= 4 is 17.7 Å². The average Bonchev–Trinajstić information content (AvgIpc) is 2.92. The molecule has 0 saturated carbocycles. The summed E-state index contributed by atoms with van der Waals surface area (Å²) in [5, 5.41) is 2.85. The molecule has 0 spiro atoms. The predicted octanol–water partition coefficient (Wildman–Crippen LogP) is 2.56. The third-order valence-electron chi connectivity index (χ3n) is 4.56. The summed E-state index contributed by atoms with van der Waals surface area (Å²) in [6, 6.07) is 12.7. The number of hydrogen-bond acceptors (Lipinski definition) is 4. The second-order valence-electron chi connectivity index (χ2n) is 6.17. The fourth-order valence-corrected chi connectivity index (χ4v) is 3.11. The van der Waals surface area contributed by atoms with Crippen molar-refractivity contribution < 1.29 is 19.1 Å². The number of hydrogen-bond donors (Lipinski definition) is 1. The number of methoxy groups -OCH3 is 1. The number of carbonyl (C=O) groups excluding carboxylic acids is 3. The molecule has 6 nitrogen and oxygen atoms in total. The first-order valence-corrected chi connectivity index (χ1v) is 8.36. The molecule has 2 aromatic carbocycles. The van der Waals surface area contributed by atoms with Gasteiger partial charge in [0.1, 0.15) is 11.8 Å². The first-order valence-electron chi connectivity index (χ1n) is 8.36. The Morgan fingerprint density at radius 1 is 0.962 bits per heavy atom. The number of para-hydroxylation sites is 1. The molecule has 6 heteroatoms. The zero-order valence-electron chi connectivity index (χ0n) is 14.9. The summed E-state index contributed by atoms with van der Waals surface area (Å²) in [5.74, 6) is -0.636. The van der Waals surface area contributed by atoms with Crippen molar-refractivity contribution in [1.82, 2.24) is 10.2 Å². The molecule has 26 heavy (non-hydrogen) atoms. The molecule has 1 aliphatic rings. The molecule has 0 bridgehead atoms. The van der Waals surface area contributed by atoms with Gasteiger partial charge in [-0.25, -0.2) is 0 Å². The fraction of sp³-hybridized carbons (Fsp3) is 0.250. The molecule has 0 aromatic heterocycles. The normalized spacial score (nSPS) is 15.4. The van der Waals surface area contributed by atoms with Gasteiger partial charge < -0.3 is 10.1 Å². The van der Waals surface area contributed by atoms with Crippen LogP contribution in [-0.4, -0.2) is 35.8 Å². The van der Waals surface area contributed by atoms with Gasteiger partial charge in [0.15, 0.2) is 0 Å². The lowest BCUT2D eigenvalue weighted by atomic mass is 10.1. The van der Waals surface area contributed by atoms with Crippen LogP contribution in [-0.2, 0) is 4.79 Å². The molecule has 2 atom stereocenters. The van der Waals surface area contributed by atoms with Crippen LogP contribution in [0.1, 0.15) is 46.2 Å². The van der Waals surface area contributed by atoms with Gasteiger partial charge in [0.2, 0.25) is 5.91 Å². The Kier molecular flexibility index (Phi) is 4.75. The Morgan fingerprint density at radius 3 is 2.08 bits per heavy atom. The largest absolute Gasteiger partial charge is 0.496 e. The number of rotatable bonds is 5. The van der Waals surface area contributed by atoms with Crippen LogP contribution < -0.4 is 10.1 Å². The zero-order chi connectivity index (χ0) is 18.8. The van der Waals surface area contributed by atoms with Gasteiger partial charge in [-0.1, -0.05) is 30.3 Å². The number of nitrogens with one attached hydrogen (secondary N) is 1. The van der Waals surface area contributed by atoms with Crippen LogP contribution in [0.2, 0.25) is 0 Å². The van der Waals surface area contributed by atoms with E-state index in [-0.39, 0.29) is 6.04 Å². The Balaban J connectivity index is 1.77. The highest BCUT2D eigenvalue weighted by atomic mass is 16.5. The van der Waals surface area contributed by atoms with E-state index in [9.17, 15) is 14.4 Å². The fourth-order valence-electron chi connectivity index (χ4n) is 3.11. The maximum atomic E-state index is 12.7. The van der Waals surface area contributed by atoms with Gasteiger partial charge in [0, 0.05) is 5.56 Å². The average molecular weight is 352 g/mol. The minimum Gasteiger partial charge on any atom is -0.496 e. The number of nitrogens with zero attached hydrogens (tertiary/aromatic N) is 1. The van der Waals surface area contributed by atoms with E-state index in [2.05, 4.69) is 5.32 Å². The molecule has 0 saturated heterocycles. The Morgan fingerprint density at radius 2 is 1.50 bits per heavy atom. The van der Waals surface area contributed by atoms with Crippen molar-refractivity contribution in [3.05, 3.63) is 65.2 Å². The summed E-state index contributed by atoms with van der Waals surface area (Å²) in [7, 11) is 1.56. The number of benzene rings is 2. The predicted molar refractivity (Wildman–Crippen MR) is 96.0 cm³/mol. The number of ether oxygens (including phenoxy) is 1. The van der Waals surface area contributed by atoms with Gasteiger partial charge in [0.05, 0.1) is 24.3 Å². The molecule has 0 radical (unpaired) electrons. The molecular formula is C20H20N2O4. The van der Waals surface area contributed by atoms with Gasteiger partial charge in [-0.05, 0) is 32.0 Å². The molecule has 2 unspecified atom stereocenters. The molecule has 1 aliphatic heterocycles. The van der Waals surface area contributed by atoms with Crippen LogP contribution in [0.4, 0.5) is 0 Å². The van der Waals surface area contributed by atoms with E-state index < -0.39 is 23.8 Å². The molecule has 3 rings (SSSR count). The lowest BCUT2D eigenvalue weighted by Crippen LogP contribution is -2.48. The molecular weight excluding hydrogens is 332 g/mol. The number of carbonyl (C=O) groups is 3. The van der Waals surface area contributed by atoms with Gasteiger partial charge in [0.25, 0.3) is 11.8 Å². The highest BCUT2D eigenvalue weighted by Crippen LogP contribution is 2.26. The smallest absolute Gasteiger partial charge is 0.262 e. The standard InChI is InChI=1S/C20H20N2O4/c1-12(14-8-6-7-11-17(14)26-3)21-18(23)13(2)22-19(24)15-9-4-5-10-16(15)20(22)25/h4-13H,1-3H3,(H,21,23). The molecule has 1 heterocycles. The Bertz CT molecular complexity index is 843. The summed E-state index contributed by atoms with van der Waals surface area (Å²) in [4.78, 5) is 38.7. The first-order chi connectivity index (χ1) is 12.5. The molecule has 3 amide bonds. The van der Waals surface area contributed by atoms with Crippen LogP contribution in [0.15, 0.2) is 48.5 Å². The van der Waals surface area contributed by atoms with Crippen molar-refractivity contribution in [2.45, 2.75) is 25.9 Å². The summed E-state index contributed by atoms with van der Waals surface area (Å²) < 4.78 is 5.31. The van der Waals surface area contributed by atoms with E-state index >= 15 is 0 Å². The van der Waals surface area contributed by atoms with Crippen LogP contribution in [0, 0.1) is 0 Å². The lowest BCUT2D eigenvalue weighted by Gasteiger charge is -2.24. The maximum absolute atomic E-state index is 12.7. The quantitative estimate of drug-likeness (QED) is 0.839. The monoisotopic (exact) mass is 352 g/mol. The van der Waals surface area contributed by atoms with E-state index in [1.54, 1.807) is 38.3 Å². The maximum Gasteiger partial charge on any atom is 0.262 e. The van der Waals surface area contributed by atoms with Crippen molar-refractivity contribution in [3.63, 3.8) is 0 Å². The second kappa shape index (κ2) is 7.00. The lowest BCUT2D eigenvalue weighted by molar-refractivity contribution is -0.125. The number of imide groups is 1. The van der Waals surface area contributed by atoms with E-state index in [1.807, 2.05) is 31.2 Å². The highest BCUT2D eigenvalue weighted by molar-refractivity contribution is 6.22. The van der Waals surface area contributed by atoms with E-state index in [0.29, 0.717) is 16.9 Å². The Labute approximate surface area is 151 Å². The van der Waals surface area contributed by atoms with Gasteiger partial charge in [-0.3, -0.25) is 19.3 Å². The summed E-state index contributed by atoms with van der Waals surface area (Å²) in [6.45, 7) is 3.37. The number of amides is 3. The second-order valence-corrected chi connectivity index (χ2v) is 6.17. The van der Waals surface area contributed by atoms with Crippen molar-refractivity contribution in [1.29, 1.82) is 0 Å². The molecule has 134 valence electrons. The van der Waals surface area contributed by atoms with E-state index in [0.717, 1.165) is 10.5 Å². The van der Waals surface area contributed by atoms with Crippen molar-refractivity contribution in [2.75, 3.05) is 7.11 Å². The summed E-state index contributed by atoms with van der Waals surface area (Å²) in [5.41, 5.74) is 1.47. The summed E-state index contributed by atoms with van der Waals surface area (Å²) >= 11 is 0. The van der Waals surface area contributed by atoms with Crippen LogP contribution in [0.3, 0.4) is 0 Å². The highest BCUT2D eigenvalue weighted by Gasteiger charge is 2.40. The van der Waals surface area contributed by atoms with Crippen molar-refractivity contribution in [2.24, 2.45) is 0 Å². The molecule has 0 fully saturated rings. The third kappa shape index (κ3) is 2.94. The molecule has 0 aliphatic carbocycles. The third-order valence-corrected chi connectivity index (χ3v) is 4.56. The van der Waals surface area contributed by atoms with Gasteiger partial charge in [-0.2, -0.15) is 0 Å². The SMILES string of the molecule is COc1ccccc1C(C)NC(=O)C(C)N1C(=O)c2ccccc2C1=O. The first kappa shape index (κ1) is 17.7. The molecule has 1 N–H and O–H groups in total. The summed E-state index contributed by atoms with van der Waals surface area (Å²) in [6.07, 6.45) is 0. The van der Waals surface area contributed by atoms with Crippen molar-refractivity contribution in [3.8, 4) is 5.75 Å². The Hall–Kier alpha value is -3.15. The number of fused-ring (bicyclic) bond motifs is 1.